The predicted octanol–water partition coefficient (Wildman–Crippen LogP) is 2.42. The van der Waals surface area contributed by atoms with Crippen LogP contribution in [0.15, 0.2) is 17.0 Å². The molecule has 1 amide bonds. The van der Waals surface area contributed by atoms with Gasteiger partial charge in [-0.1, -0.05) is 18.0 Å². The van der Waals surface area contributed by atoms with E-state index in [0.29, 0.717) is 23.6 Å². The van der Waals surface area contributed by atoms with E-state index in [4.69, 9.17) is 16.7 Å². The van der Waals surface area contributed by atoms with Crippen molar-refractivity contribution in [2.75, 3.05) is 5.32 Å². The molecule has 0 bridgehead atoms. The molecule has 0 radical (unpaired) electrons. The third kappa shape index (κ3) is 3.50. The van der Waals surface area contributed by atoms with Crippen molar-refractivity contribution in [2.45, 2.75) is 37.5 Å². The number of anilines is 1. The highest BCUT2D eigenvalue weighted by molar-refractivity contribution is 7.89. The molecule has 1 aromatic rings. The molecule has 1 aliphatic carbocycles. The fraction of sp³-hybridized carbons (Fsp3) is 0.462. The third-order valence-electron chi connectivity index (χ3n) is 3.55. The van der Waals surface area contributed by atoms with Crippen LogP contribution < -0.4 is 10.5 Å². The Kier molecular flexibility index (Phi) is 4.36. The first-order valence-corrected chi connectivity index (χ1v) is 8.32. The molecule has 0 atom stereocenters. The van der Waals surface area contributed by atoms with Gasteiger partial charge in [-0.15, -0.1) is 0 Å². The number of rotatable bonds is 4. The van der Waals surface area contributed by atoms with Crippen molar-refractivity contribution in [1.29, 1.82) is 0 Å². The van der Waals surface area contributed by atoms with Crippen molar-refractivity contribution >= 4 is 33.2 Å². The Morgan fingerprint density at radius 3 is 2.55 bits per heavy atom. The van der Waals surface area contributed by atoms with Crippen molar-refractivity contribution < 1.29 is 13.2 Å². The number of carbonyl (C=O) groups excluding carboxylic acids is 1. The lowest BCUT2D eigenvalue weighted by Crippen LogP contribution is -2.21. The molecule has 0 spiro atoms. The van der Waals surface area contributed by atoms with Crippen LogP contribution in [0.1, 0.15) is 31.2 Å². The second-order valence-corrected chi connectivity index (χ2v) is 7.16. The number of sulfonamides is 1. The van der Waals surface area contributed by atoms with Gasteiger partial charge in [0.25, 0.3) is 0 Å². The van der Waals surface area contributed by atoms with E-state index in [1.807, 2.05) is 0 Å². The summed E-state index contributed by atoms with van der Waals surface area (Å²) in [6.45, 7) is 1.68. The number of halogens is 1. The van der Waals surface area contributed by atoms with Gasteiger partial charge in [0.15, 0.2) is 0 Å². The van der Waals surface area contributed by atoms with Gasteiger partial charge in [-0.25, -0.2) is 13.6 Å². The highest BCUT2D eigenvalue weighted by Gasteiger charge is 2.22. The van der Waals surface area contributed by atoms with E-state index in [-0.39, 0.29) is 15.8 Å². The molecule has 1 fully saturated rings. The Balaban J connectivity index is 2.17. The molecule has 5 nitrogen and oxygen atoms in total. The number of carbonyl (C=O) groups is 1. The molecule has 0 aliphatic heterocycles. The first-order chi connectivity index (χ1) is 9.27. The molecular weight excluding hydrogens is 300 g/mol. The largest absolute Gasteiger partial charge is 0.325 e. The van der Waals surface area contributed by atoms with E-state index < -0.39 is 10.0 Å². The molecule has 7 heteroatoms. The van der Waals surface area contributed by atoms with Crippen LogP contribution in [0.5, 0.6) is 0 Å². The minimum absolute atomic E-state index is 0.0583. The van der Waals surface area contributed by atoms with Gasteiger partial charge in [0.1, 0.15) is 0 Å². The van der Waals surface area contributed by atoms with Crippen LogP contribution in [0.25, 0.3) is 0 Å². The fourth-order valence-corrected chi connectivity index (χ4v) is 3.19. The zero-order valence-corrected chi connectivity index (χ0v) is 12.7. The topological polar surface area (TPSA) is 89.3 Å². The SMILES string of the molecule is Cc1cc(S(N)(=O)=O)cc(Cl)c1NC(=O)CC1CCC1. The van der Waals surface area contributed by atoms with Gasteiger partial charge in [0.05, 0.1) is 15.6 Å². The first kappa shape index (κ1) is 15.3. The summed E-state index contributed by atoms with van der Waals surface area (Å²) in [4.78, 5) is 11.8. The second-order valence-electron chi connectivity index (χ2n) is 5.19. The van der Waals surface area contributed by atoms with Gasteiger partial charge >= 0.3 is 0 Å². The van der Waals surface area contributed by atoms with Crippen LogP contribution >= 0.6 is 11.6 Å². The molecule has 1 aromatic carbocycles. The van der Waals surface area contributed by atoms with Crippen LogP contribution in [0, 0.1) is 12.8 Å². The molecule has 110 valence electrons. The lowest BCUT2D eigenvalue weighted by molar-refractivity contribution is -0.117. The summed E-state index contributed by atoms with van der Waals surface area (Å²) < 4.78 is 22.6. The molecular formula is C13H17ClN2O3S. The van der Waals surface area contributed by atoms with Gasteiger partial charge < -0.3 is 5.32 Å². The minimum Gasteiger partial charge on any atom is -0.325 e. The first-order valence-electron chi connectivity index (χ1n) is 6.40. The summed E-state index contributed by atoms with van der Waals surface area (Å²) in [6.07, 6.45) is 3.84. The van der Waals surface area contributed by atoms with Crippen molar-refractivity contribution in [1.82, 2.24) is 0 Å². The van der Waals surface area contributed by atoms with Crippen LogP contribution in [0.2, 0.25) is 5.02 Å². The minimum atomic E-state index is -3.80. The standard InChI is InChI=1S/C13H17ClN2O3S/c1-8-5-10(20(15,18)19)7-11(14)13(8)16-12(17)6-9-3-2-4-9/h5,7,9H,2-4,6H2,1H3,(H,16,17)(H2,15,18,19). The quantitative estimate of drug-likeness (QED) is 0.894. The Hall–Kier alpha value is -1.11. The van der Waals surface area contributed by atoms with Gasteiger partial charge in [-0.2, -0.15) is 0 Å². The monoisotopic (exact) mass is 316 g/mol. The molecule has 0 unspecified atom stereocenters. The smallest absolute Gasteiger partial charge is 0.238 e. The number of nitrogens with two attached hydrogens (primary N) is 1. The maximum Gasteiger partial charge on any atom is 0.238 e. The lowest BCUT2D eigenvalue weighted by Gasteiger charge is -2.24. The molecule has 20 heavy (non-hydrogen) atoms. The summed E-state index contributed by atoms with van der Waals surface area (Å²) in [6, 6.07) is 2.66. The maximum atomic E-state index is 11.9. The summed E-state index contributed by atoms with van der Waals surface area (Å²) >= 11 is 6.03. The molecule has 0 saturated heterocycles. The van der Waals surface area contributed by atoms with Gasteiger partial charge in [-0.05, 0) is 43.4 Å². The number of hydrogen-bond acceptors (Lipinski definition) is 3. The van der Waals surface area contributed by atoms with Crippen molar-refractivity contribution in [3.05, 3.63) is 22.7 Å². The third-order valence-corrected chi connectivity index (χ3v) is 4.74. The van der Waals surface area contributed by atoms with Crippen molar-refractivity contribution in [3.63, 3.8) is 0 Å². The normalized spacial score (nSPS) is 15.8. The number of primary sulfonamides is 1. The molecule has 3 N–H and O–H groups in total. The van der Waals surface area contributed by atoms with Crippen molar-refractivity contribution in [2.24, 2.45) is 11.1 Å². The fourth-order valence-electron chi connectivity index (χ4n) is 2.18. The van der Waals surface area contributed by atoms with Gasteiger partial charge in [0.2, 0.25) is 15.9 Å². The summed E-state index contributed by atoms with van der Waals surface area (Å²) in [5.41, 5.74) is 1.02. The average Bonchev–Trinajstić information content (AvgIpc) is 2.27. The lowest BCUT2D eigenvalue weighted by atomic mass is 9.83. The number of benzene rings is 1. The summed E-state index contributed by atoms with van der Waals surface area (Å²) in [5.74, 6) is 0.362. The van der Waals surface area contributed by atoms with E-state index in [1.165, 1.54) is 18.6 Å². The van der Waals surface area contributed by atoms with E-state index in [1.54, 1.807) is 6.92 Å². The molecule has 0 heterocycles. The Labute approximate surface area is 123 Å². The van der Waals surface area contributed by atoms with Crippen LogP contribution in [-0.4, -0.2) is 14.3 Å². The molecule has 1 saturated carbocycles. The number of nitrogens with one attached hydrogen (secondary N) is 1. The highest BCUT2D eigenvalue weighted by atomic mass is 35.5. The zero-order chi connectivity index (χ0) is 14.9. The van der Waals surface area contributed by atoms with E-state index >= 15 is 0 Å². The Bertz CT molecular complexity index is 616. The van der Waals surface area contributed by atoms with Crippen LogP contribution in [0.4, 0.5) is 5.69 Å². The van der Waals surface area contributed by atoms with Gasteiger partial charge in [-0.3, -0.25) is 4.79 Å². The molecule has 2 rings (SSSR count). The van der Waals surface area contributed by atoms with E-state index in [9.17, 15) is 13.2 Å². The van der Waals surface area contributed by atoms with E-state index in [0.717, 1.165) is 12.8 Å². The maximum absolute atomic E-state index is 11.9. The summed E-state index contributed by atoms with van der Waals surface area (Å²) in [5, 5.41) is 7.99. The molecule has 1 aliphatic rings. The van der Waals surface area contributed by atoms with Crippen LogP contribution in [-0.2, 0) is 14.8 Å². The Morgan fingerprint density at radius 2 is 2.10 bits per heavy atom. The zero-order valence-electron chi connectivity index (χ0n) is 11.1. The van der Waals surface area contributed by atoms with Gasteiger partial charge in [0, 0.05) is 6.42 Å². The summed E-state index contributed by atoms with van der Waals surface area (Å²) in [7, 11) is -3.80. The average molecular weight is 317 g/mol. The van der Waals surface area contributed by atoms with E-state index in [2.05, 4.69) is 5.32 Å². The Morgan fingerprint density at radius 1 is 1.45 bits per heavy atom. The van der Waals surface area contributed by atoms with Crippen molar-refractivity contribution in [3.8, 4) is 0 Å². The number of hydrogen-bond donors (Lipinski definition) is 2. The van der Waals surface area contributed by atoms with Crippen LogP contribution in [0.3, 0.4) is 0 Å². The predicted molar refractivity (Wildman–Crippen MR) is 78.1 cm³/mol. The number of amides is 1. The highest BCUT2D eigenvalue weighted by Crippen LogP contribution is 2.32. The second kappa shape index (κ2) is 5.71. The molecule has 0 aromatic heterocycles. The number of aryl methyl sites for hydroxylation is 1.